The number of nitrogens with one attached hydrogen (secondary N) is 1. The molecule has 1 unspecified atom stereocenters. The van der Waals surface area contributed by atoms with Crippen molar-refractivity contribution in [3.05, 3.63) is 81.9 Å². The van der Waals surface area contributed by atoms with Gasteiger partial charge in [0.25, 0.3) is 0 Å². The number of fused-ring (bicyclic) bond motifs is 1. The van der Waals surface area contributed by atoms with E-state index in [2.05, 4.69) is 40.5 Å². The molecule has 9 heteroatoms. The molecule has 2 aromatic heterocycles. The van der Waals surface area contributed by atoms with Gasteiger partial charge in [-0.1, -0.05) is 31.2 Å². The number of nitrogens with two attached hydrogens (primary N) is 1. The highest BCUT2D eigenvalue weighted by Gasteiger charge is 2.17. The highest BCUT2D eigenvalue weighted by atomic mass is 35.5. The van der Waals surface area contributed by atoms with E-state index in [4.69, 9.17) is 5.73 Å². The highest BCUT2D eigenvalue weighted by molar-refractivity contribution is 5.85. The van der Waals surface area contributed by atoms with E-state index < -0.39 is 5.69 Å². The van der Waals surface area contributed by atoms with Gasteiger partial charge in [0.2, 0.25) is 0 Å². The molecular formula is C22H24ClFN6O. The van der Waals surface area contributed by atoms with Crippen LogP contribution < -0.4 is 16.7 Å². The molecule has 0 radical (unpaired) electrons. The summed E-state index contributed by atoms with van der Waals surface area (Å²) in [5.74, 6) is 0.966. The number of halogens is 2. The zero-order valence-electron chi connectivity index (χ0n) is 17.0. The molecule has 162 valence electrons. The van der Waals surface area contributed by atoms with Gasteiger partial charge in [-0.05, 0) is 41.0 Å². The summed E-state index contributed by atoms with van der Waals surface area (Å²) in [4.78, 5) is 17.1. The first-order chi connectivity index (χ1) is 14.6. The molecule has 0 saturated carbocycles. The lowest BCUT2D eigenvalue weighted by Gasteiger charge is -2.04. The van der Waals surface area contributed by atoms with Gasteiger partial charge in [0, 0.05) is 24.7 Å². The van der Waals surface area contributed by atoms with Crippen LogP contribution in [0.15, 0.2) is 59.4 Å². The van der Waals surface area contributed by atoms with Gasteiger partial charge in [0.1, 0.15) is 12.1 Å². The molecular weight excluding hydrogens is 419 g/mol. The van der Waals surface area contributed by atoms with Gasteiger partial charge in [-0.3, -0.25) is 0 Å². The lowest BCUT2D eigenvalue weighted by Crippen LogP contribution is -2.26. The molecule has 7 nitrogen and oxygen atoms in total. The molecule has 1 aliphatic heterocycles. The molecule has 3 aromatic rings. The maximum Gasteiger partial charge on any atom is 0.351 e. The molecule has 0 saturated heterocycles. The van der Waals surface area contributed by atoms with Crippen molar-refractivity contribution in [1.82, 2.24) is 19.3 Å². The third-order valence-electron chi connectivity index (χ3n) is 5.16. The molecule has 31 heavy (non-hydrogen) atoms. The summed E-state index contributed by atoms with van der Waals surface area (Å²) >= 11 is 0. The zero-order chi connectivity index (χ0) is 21.1. The molecule has 0 bridgehead atoms. The number of nitrogens with zero attached hydrogens (tertiary/aromatic N) is 4. The minimum absolute atomic E-state index is 0. The standard InChI is InChI=1S/C22H23FN6O.ClH/c1-15-12-25-20-9-16(6-8-19(15)20)5-7-18-3-2-4-21(27-18)28-14-26-29(22(28)30)13-17(10-23)11-24;/h2-10,14-15,25H,11-13,24H2,1H3;1H/b7-5+,17-10+;. The van der Waals surface area contributed by atoms with E-state index in [0.29, 0.717) is 23.8 Å². The second-order valence-corrected chi connectivity index (χ2v) is 7.30. The summed E-state index contributed by atoms with van der Waals surface area (Å²) in [5.41, 5.74) is 9.62. The summed E-state index contributed by atoms with van der Waals surface area (Å²) in [7, 11) is 0. The van der Waals surface area contributed by atoms with Gasteiger partial charge in [0.15, 0.2) is 0 Å². The molecule has 0 fully saturated rings. The van der Waals surface area contributed by atoms with Crippen LogP contribution in [0, 0.1) is 0 Å². The van der Waals surface area contributed by atoms with E-state index in [1.165, 1.54) is 22.1 Å². The van der Waals surface area contributed by atoms with Crippen LogP contribution in [-0.4, -0.2) is 32.4 Å². The van der Waals surface area contributed by atoms with Crippen LogP contribution >= 0.6 is 12.4 Å². The van der Waals surface area contributed by atoms with E-state index in [1.807, 2.05) is 24.3 Å². The van der Waals surface area contributed by atoms with Gasteiger partial charge in [-0.15, -0.1) is 12.4 Å². The zero-order valence-corrected chi connectivity index (χ0v) is 17.8. The summed E-state index contributed by atoms with van der Waals surface area (Å²) in [5, 5.41) is 7.45. The van der Waals surface area contributed by atoms with E-state index in [9.17, 15) is 9.18 Å². The van der Waals surface area contributed by atoms with Crippen molar-refractivity contribution < 1.29 is 4.39 Å². The number of aromatic nitrogens is 4. The Morgan fingerprint density at radius 3 is 2.94 bits per heavy atom. The molecule has 4 rings (SSSR count). The average molecular weight is 443 g/mol. The van der Waals surface area contributed by atoms with Crippen LogP contribution in [0.1, 0.15) is 29.7 Å². The minimum Gasteiger partial charge on any atom is -0.384 e. The van der Waals surface area contributed by atoms with Crippen molar-refractivity contribution >= 4 is 30.2 Å². The highest BCUT2D eigenvalue weighted by Crippen LogP contribution is 2.32. The first-order valence-corrected chi connectivity index (χ1v) is 9.75. The Morgan fingerprint density at radius 2 is 2.16 bits per heavy atom. The number of benzene rings is 1. The predicted octanol–water partition coefficient (Wildman–Crippen LogP) is 3.36. The minimum atomic E-state index is -0.407. The quantitative estimate of drug-likeness (QED) is 0.610. The van der Waals surface area contributed by atoms with Crippen LogP contribution in [0.5, 0.6) is 0 Å². The number of rotatable bonds is 6. The Balaban J connectivity index is 0.00000272. The molecule has 0 aliphatic carbocycles. The van der Waals surface area contributed by atoms with Crippen LogP contribution in [-0.2, 0) is 6.54 Å². The molecule has 1 atom stereocenters. The Labute approximate surface area is 185 Å². The maximum absolute atomic E-state index is 12.8. The van der Waals surface area contributed by atoms with Crippen molar-refractivity contribution in [3.8, 4) is 5.82 Å². The predicted molar refractivity (Wildman–Crippen MR) is 123 cm³/mol. The number of anilines is 1. The second-order valence-electron chi connectivity index (χ2n) is 7.30. The SMILES string of the molecule is CC1CNc2cc(/C=C/c3cccc(-n4cnn(C/C(=C/F)CN)c4=O)n3)ccc21.Cl. The Bertz CT molecular complexity index is 1180. The van der Waals surface area contributed by atoms with Crippen LogP contribution in [0.2, 0.25) is 0 Å². The first-order valence-electron chi connectivity index (χ1n) is 9.75. The molecule has 0 spiro atoms. The summed E-state index contributed by atoms with van der Waals surface area (Å²) in [6.45, 7) is 3.19. The average Bonchev–Trinajstić information content (AvgIpc) is 3.33. The normalized spacial score (nSPS) is 15.6. The topological polar surface area (TPSA) is 90.8 Å². The summed E-state index contributed by atoms with van der Waals surface area (Å²) in [6.07, 6.45) is 5.67. The molecule has 1 aromatic carbocycles. The lowest BCUT2D eigenvalue weighted by molar-refractivity contribution is 0.612. The van der Waals surface area contributed by atoms with Gasteiger partial charge in [-0.25, -0.2) is 23.4 Å². The first kappa shape index (κ1) is 22.5. The van der Waals surface area contributed by atoms with Crippen LogP contribution in [0.3, 0.4) is 0 Å². The van der Waals surface area contributed by atoms with Gasteiger partial charge in [0.05, 0.1) is 18.6 Å². The summed E-state index contributed by atoms with van der Waals surface area (Å²) < 4.78 is 15.2. The van der Waals surface area contributed by atoms with Gasteiger partial charge in [-0.2, -0.15) is 5.10 Å². The summed E-state index contributed by atoms with van der Waals surface area (Å²) in [6, 6.07) is 11.8. The number of hydrogen-bond donors (Lipinski definition) is 2. The van der Waals surface area contributed by atoms with Crippen molar-refractivity contribution in [3.63, 3.8) is 0 Å². The van der Waals surface area contributed by atoms with Crippen molar-refractivity contribution in [2.24, 2.45) is 5.73 Å². The molecule has 0 amide bonds. The van der Waals surface area contributed by atoms with Gasteiger partial charge < -0.3 is 11.1 Å². The van der Waals surface area contributed by atoms with Crippen LogP contribution in [0.4, 0.5) is 10.1 Å². The van der Waals surface area contributed by atoms with Crippen molar-refractivity contribution in [2.45, 2.75) is 19.4 Å². The monoisotopic (exact) mass is 442 g/mol. The fourth-order valence-electron chi connectivity index (χ4n) is 3.42. The Morgan fingerprint density at radius 1 is 1.32 bits per heavy atom. The third-order valence-corrected chi connectivity index (χ3v) is 5.16. The molecule has 1 aliphatic rings. The van der Waals surface area contributed by atoms with E-state index in [0.717, 1.165) is 16.8 Å². The fourth-order valence-corrected chi connectivity index (χ4v) is 3.42. The largest absolute Gasteiger partial charge is 0.384 e. The lowest BCUT2D eigenvalue weighted by atomic mass is 10.0. The number of hydrogen-bond acceptors (Lipinski definition) is 5. The van der Waals surface area contributed by atoms with E-state index in [-0.39, 0.29) is 31.1 Å². The smallest absolute Gasteiger partial charge is 0.351 e. The maximum atomic E-state index is 12.8. The Kier molecular flexibility index (Phi) is 7.04. The Hall–Kier alpha value is -3.23. The van der Waals surface area contributed by atoms with Crippen molar-refractivity contribution in [1.29, 1.82) is 0 Å². The van der Waals surface area contributed by atoms with E-state index >= 15 is 0 Å². The van der Waals surface area contributed by atoms with Crippen LogP contribution in [0.25, 0.3) is 18.0 Å². The molecule has 3 N–H and O–H groups in total. The molecule has 3 heterocycles. The number of pyridine rings is 1. The third kappa shape index (κ3) is 4.76. The van der Waals surface area contributed by atoms with E-state index in [1.54, 1.807) is 6.07 Å². The van der Waals surface area contributed by atoms with Crippen molar-refractivity contribution in [2.75, 3.05) is 18.4 Å². The fraction of sp³-hybridized carbons (Fsp3) is 0.227. The van der Waals surface area contributed by atoms with Gasteiger partial charge >= 0.3 is 5.69 Å². The second kappa shape index (κ2) is 9.72.